The van der Waals surface area contributed by atoms with Gasteiger partial charge in [-0.25, -0.2) is 0 Å². The van der Waals surface area contributed by atoms with E-state index in [4.69, 9.17) is 39.9 Å². The minimum Gasteiger partial charge on any atom is -0.652 e. The van der Waals surface area contributed by atoms with Crippen LogP contribution in [0.1, 0.15) is 6.92 Å². The van der Waals surface area contributed by atoms with Crippen LogP contribution in [0.15, 0.2) is 0 Å². The normalized spacial score (nSPS) is 5.21. The largest absolute Gasteiger partial charge is 2.00 e. The van der Waals surface area contributed by atoms with Gasteiger partial charge in [0.25, 0.3) is 5.97 Å². The molecule has 0 heterocycles. The molecule has 0 aromatic rings. The number of carbonyl (C=O) groups is 3. The van der Waals surface area contributed by atoms with Crippen molar-refractivity contribution in [3.63, 3.8) is 0 Å². The van der Waals surface area contributed by atoms with Crippen LogP contribution in [0.2, 0.25) is 0 Å². The first-order chi connectivity index (χ1) is 5.20. The van der Waals surface area contributed by atoms with E-state index in [1.165, 1.54) is 0 Å². The zero-order chi connectivity index (χ0) is 10.7. The fraction of sp³-hybridized carbons (Fsp3) is 0.250. The molecule has 0 saturated carbocycles. The molecule has 0 saturated heterocycles. The summed E-state index contributed by atoms with van der Waals surface area (Å²) in [7, 11) is 0. The predicted molar refractivity (Wildman–Crippen MR) is 35.6 cm³/mol. The van der Waals surface area contributed by atoms with Crippen LogP contribution in [-0.2, 0) is 4.79 Å². The van der Waals surface area contributed by atoms with Crippen LogP contribution < -0.4 is 20.4 Å². The number of carboxylic acid groups (broad SMARTS) is 5. The van der Waals surface area contributed by atoms with E-state index in [-0.39, 0.29) is 60.8 Å². The van der Waals surface area contributed by atoms with Crippen LogP contribution in [0.3, 0.4) is 0 Å². The zero-order valence-electron chi connectivity index (χ0n) is 7.22. The Kier molecular flexibility index (Phi) is 48.3. The third kappa shape index (κ3) is 1130000. The summed E-state index contributed by atoms with van der Waals surface area (Å²) in [5, 5.41) is 40.8. The zero-order valence-corrected chi connectivity index (χ0v) is 10.8. The third-order valence-corrected chi connectivity index (χ3v) is 0. The standard InChI is InChI=1S/C2H4O2.2CH2O3.Ca.Mg/c1-2(3)4;2*2-1(3)4;;/h1H3,(H,3,4);2*(H2,2,3,4);;/q;;;2*+2/p-4. The van der Waals surface area contributed by atoms with Crippen molar-refractivity contribution in [1.82, 2.24) is 0 Å². The maximum absolute atomic E-state index is 9.00. The van der Waals surface area contributed by atoms with Crippen LogP contribution in [-0.4, -0.2) is 84.2 Å². The van der Waals surface area contributed by atoms with Crippen LogP contribution in [0.5, 0.6) is 0 Å². The molecule has 72 valence electrons. The molecular formula is C4H4CaMgO8. The number of carboxylic acids is 1. The maximum Gasteiger partial charge on any atom is 2.00 e. The van der Waals surface area contributed by atoms with Crippen LogP contribution in [0.4, 0.5) is 9.59 Å². The second kappa shape index (κ2) is 23.1. The van der Waals surface area contributed by atoms with E-state index in [2.05, 4.69) is 0 Å². The van der Waals surface area contributed by atoms with Gasteiger partial charge in [-0.05, 0) is 12.3 Å². The summed E-state index contributed by atoms with van der Waals surface area (Å²) in [5.41, 5.74) is 0. The summed E-state index contributed by atoms with van der Waals surface area (Å²) in [6, 6.07) is 0. The van der Waals surface area contributed by atoms with Crippen LogP contribution in [0, 0.1) is 0 Å². The van der Waals surface area contributed by atoms with Crippen molar-refractivity contribution in [2.75, 3.05) is 0 Å². The van der Waals surface area contributed by atoms with Crippen molar-refractivity contribution in [3.8, 4) is 0 Å². The Morgan fingerprint density at radius 3 is 0.929 bits per heavy atom. The van der Waals surface area contributed by atoms with E-state index >= 15 is 0 Å². The molecule has 0 amide bonds. The summed E-state index contributed by atoms with van der Waals surface area (Å²) < 4.78 is 0. The van der Waals surface area contributed by atoms with Gasteiger partial charge < -0.3 is 35.1 Å². The molecule has 0 bridgehead atoms. The van der Waals surface area contributed by atoms with Crippen LogP contribution in [0.25, 0.3) is 0 Å². The molecule has 0 radical (unpaired) electrons. The van der Waals surface area contributed by atoms with Crippen molar-refractivity contribution in [1.29, 1.82) is 0 Å². The summed E-state index contributed by atoms with van der Waals surface area (Å²) in [6.45, 7) is 1.08. The Hall–Kier alpha value is 0.0360. The molecule has 0 fully saturated rings. The molecule has 0 atom stereocenters. The van der Waals surface area contributed by atoms with Gasteiger partial charge in [0.15, 0.2) is 0 Å². The fourth-order valence-corrected chi connectivity index (χ4v) is 0. The average molecular weight is 244 g/mol. The minimum absolute atomic E-state index is 0. The molecule has 0 aromatic heterocycles. The van der Waals surface area contributed by atoms with Crippen molar-refractivity contribution < 1.29 is 39.9 Å². The van der Waals surface area contributed by atoms with Crippen molar-refractivity contribution in [2.24, 2.45) is 0 Å². The van der Waals surface area contributed by atoms with E-state index in [9.17, 15) is 0 Å². The van der Waals surface area contributed by atoms with Gasteiger partial charge in [0.2, 0.25) is 0 Å². The molecule has 0 spiro atoms. The first kappa shape index (κ1) is 29.2. The third-order valence-electron chi connectivity index (χ3n) is 0. The first-order valence-electron chi connectivity index (χ1n) is 2.15. The van der Waals surface area contributed by atoms with Crippen molar-refractivity contribution >= 4 is 79.1 Å². The summed E-state index contributed by atoms with van der Waals surface area (Å²) in [5.74, 6) is -0.833. The second-order valence-corrected chi connectivity index (χ2v) is 1.02. The van der Waals surface area contributed by atoms with Gasteiger partial charge in [0.1, 0.15) is 0 Å². The predicted octanol–water partition coefficient (Wildman–Crippen LogP) is -5.56. The van der Waals surface area contributed by atoms with Gasteiger partial charge in [-0.15, -0.1) is 0 Å². The number of aliphatic carboxylic acids is 1. The number of carbonyl (C=O) groups excluding carboxylic acids is 2. The minimum atomic E-state index is -2.33. The van der Waals surface area contributed by atoms with Gasteiger partial charge in [-0.3, -0.25) is 4.79 Å². The summed E-state index contributed by atoms with van der Waals surface area (Å²) in [6.07, 6.45) is -4.67. The Morgan fingerprint density at radius 1 is 0.929 bits per heavy atom. The summed E-state index contributed by atoms with van der Waals surface area (Å²) >= 11 is 0. The molecule has 10 heteroatoms. The van der Waals surface area contributed by atoms with E-state index in [0.29, 0.717) is 0 Å². The van der Waals surface area contributed by atoms with Gasteiger partial charge in [0, 0.05) is 6.92 Å². The Labute approximate surface area is 125 Å². The second-order valence-electron chi connectivity index (χ2n) is 1.02. The van der Waals surface area contributed by atoms with Gasteiger partial charge >= 0.3 is 60.8 Å². The Morgan fingerprint density at radius 2 is 0.929 bits per heavy atom. The maximum atomic E-state index is 9.00. The molecule has 0 unspecified atom stereocenters. The monoisotopic (exact) mass is 244 g/mol. The Bertz CT molecular complexity index is 119. The molecule has 1 N–H and O–H groups in total. The van der Waals surface area contributed by atoms with Gasteiger partial charge in [-0.1, -0.05) is 0 Å². The van der Waals surface area contributed by atoms with Crippen molar-refractivity contribution in [2.45, 2.75) is 6.92 Å². The van der Waals surface area contributed by atoms with Crippen molar-refractivity contribution in [3.05, 3.63) is 0 Å². The van der Waals surface area contributed by atoms with Gasteiger partial charge in [-0.2, -0.15) is 0 Å². The molecule has 8 nitrogen and oxygen atoms in total. The van der Waals surface area contributed by atoms with Gasteiger partial charge in [0.05, 0.1) is 0 Å². The average Bonchev–Trinajstić information content (AvgIpc) is 1.54. The SMILES string of the molecule is CC(=O)O.O=C([O-])[O-].O=C([O-])[O-].[Ca+2].[Mg+2]. The first-order valence-corrected chi connectivity index (χ1v) is 2.15. The molecule has 0 rings (SSSR count). The molecule has 14 heavy (non-hydrogen) atoms. The van der Waals surface area contributed by atoms with E-state index in [1.807, 2.05) is 0 Å². The molecule has 0 aliphatic rings. The topological polar surface area (TPSA) is 164 Å². The Balaban J connectivity index is -0.0000000270. The molecule has 0 aromatic carbocycles. The van der Waals surface area contributed by atoms with Crippen LogP contribution >= 0.6 is 0 Å². The summed E-state index contributed by atoms with van der Waals surface area (Å²) in [4.78, 5) is 25.7. The quantitative estimate of drug-likeness (QED) is 0.412. The molecule has 0 aliphatic carbocycles. The number of hydrogen-bond donors (Lipinski definition) is 1. The smallest absolute Gasteiger partial charge is 0.652 e. The molecule has 0 aliphatic heterocycles. The van der Waals surface area contributed by atoms with E-state index < -0.39 is 18.3 Å². The number of rotatable bonds is 0. The molecular weight excluding hydrogens is 240 g/mol. The van der Waals surface area contributed by atoms with E-state index in [0.717, 1.165) is 6.92 Å². The fourth-order valence-electron chi connectivity index (χ4n) is 0. The number of hydrogen-bond acceptors (Lipinski definition) is 7. The van der Waals surface area contributed by atoms with E-state index in [1.54, 1.807) is 0 Å².